The Labute approximate surface area is 143 Å². The summed E-state index contributed by atoms with van der Waals surface area (Å²) in [5.41, 5.74) is 0.367. The van der Waals surface area contributed by atoms with Gasteiger partial charge >= 0.3 is 11.7 Å². The van der Waals surface area contributed by atoms with Gasteiger partial charge in [-0.2, -0.15) is 0 Å². The van der Waals surface area contributed by atoms with Gasteiger partial charge in [-0.3, -0.25) is 14.9 Å². The van der Waals surface area contributed by atoms with E-state index in [1.54, 1.807) is 7.05 Å². The van der Waals surface area contributed by atoms with Crippen molar-refractivity contribution in [3.63, 3.8) is 0 Å². The van der Waals surface area contributed by atoms with Gasteiger partial charge in [0.1, 0.15) is 0 Å². The zero-order valence-electron chi connectivity index (χ0n) is 13.4. The minimum absolute atomic E-state index is 0.161. The SMILES string of the molecule is CN(Cc1ccccc1)C(=O)COc1cc(C(=O)O)ccc1[N+](=O)[O-]. The number of carbonyl (C=O) groups is 2. The van der Waals surface area contributed by atoms with E-state index in [4.69, 9.17) is 9.84 Å². The minimum atomic E-state index is -1.24. The van der Waals surface area contributed by atoms with Gasteiger partial charge in [0.2, 0.25) is 0 Å². The number of benzene rings is 2. The lowest BCUT2D eigenvalue weighted by Gasteiger charge is -2.17. The lowest BCUT2D eigenvalue weighted by Crippen LogP contribution is -2.31. The summed E-state index contributed by atoms with van der Waals surface area (Å²) >= 11 is 0. The summed E-state index contributed by atoms with van der Waals surface area (Å²) in [7, 11) is 1.58. The van der Waals surface area contributed by atoms with Crippen LogP contribution >= 0.6 is 0 Å². The Bertz CT molecular complexity index is 791. The van der Waals surface area contributed by atoms with Gasteiger partial charge in [-0.25, -0.2) is 4.79 Å². The molecule has 25 heavy (non-hydrogen) atoms. The summed E-state index contributed by atoms with van der Waals surface area (Å²) in [6.45, 7) is -0.0759. The quantitative estimate of drug-likeness (QED) is 0.610. The molecule has 0 bridgehead atoms. The molecule has 8 heteroatoms. The largest absolute Gasteiger partial charge is 0.478 e. The summed E-state index contributed by atoms with van der Waals surface area (Å²) in [6, 6.07) is 12.5. The molecular weight excluding hydrogens is 328 g/mol. The van der Waals surface area contributed by atoms with Gasteiger partial charge in [0.15, 0.2) is 12.4 Å². The van der Waals surface area contributed by atoms with Crippen molar-refractivity contribution in [1.29, 1.82) is 0 Å². The molecule has 0 radical (unpaired) electrons. The molecular formula is C17H16N2O6. The van der Waals surface area contributed by atoms with Crippen LogP contribution in [0.15, 0.2) is 48.5 Å². The van der Waals surface area contributed by atoms with Crippen LogP contribution in [0.25, 0.3) is 0 Å². The minimum Gasteiger partial charge on any atom is -0.478 e. The van der Waals surface area contributed by atoms with E-state index < -0.39 is 23.2 Å². The van der Waals surface area contributed by atoms with Crippen LogP contribution in [0.2, 0.25) is 0 Å². The first-order chi connectivity index (χ1) is 11.9. The fraction of sp³-hybridized carbons (Fsp3) is 0.176. The standard InChI is InChI=1S/C17H16N2O6/c1-18(10-12-5-3-2-4-6-12)16(20)11-25-15-9-13(17(21)22)7-8-14(15)19(23)24/h2-9H,10-11H2,1H3,(H,21,22). The summed E-state index contributed by atoms with van der Waals surface area (Å²) < 4.78 is 5.21. The molecule has 0 aliphatic heterocycles. The number of ether oxygens (including phenoxy) is 1. The lowest BCUT2D eigenvalue weighted by atomic mass is 10.2. The zero-order valence-corrected chi connectivity index (χ0v) is 13.4. The second kappa shape index (κ2) is 7.91. The number of nitro groups is 1. The monoisotopic (exact) mass is 344 g/mol. The predicted octanol–water partition coefficient (Wildman–Crippen LogP) is 2.33. The molecule has 0 saturated heterocycles. The van der Waals surface area contributed by atoms with Gasteiger partial charge in [-0.05, 0) is 11.6 Å². The van der Waals surface area contributed by atoms with Crippen molar-refractivity contribution in [2.24, 2.45) is 0 Å². The second-order valence-electron chi connectivity index (χ2n) is 5.27. The number of nitrogens with zero attached hydrogens (tertiary/aromatic N) is 2. The normalized spacial score (nSPS) is 10.1. The summed E-state index contributed by atoms with van der Waals surface area (Å²) in [4.78, 5) is 34.8. The number of hydrogen-bond donors (Lipinski definition) is 1. The third-order valence-electron chi connectivity index (χ3n) is 3.44. The molecule has 1 N–H and O–H groups in total. The molecule has 2 aromatic rings. The topological polar surface area (TPSA) is 110 Å². The van der Waals surface area contributed by atoms with Crippen molar-refractivity contribution in [2.75, 3.05) is 13.7 Å². The maximum atomic E-state index is 12.1. The average molecular weight is 344 g/mol. The molecule has 2 aromatic carbocycles. The van der Waals surface area contributed by atoms with Crippen LogP contribution in [-0.2, 0) is 11.3 Å². The molecule has 0 aliphatic carbocycles. The van der Waals surface area contributed by atoms with Crippen molar-refractivity contribution in [2.45, 2.75) is 6.54 Å². The number of amides is 1. The van der Waals surface area contributed by atoms with E-state index in [-0.39, 0.29) is 17.2 Å². The Morgan fingerprint density at radius 2 is 1.88 bits per heavy atom. The van der Waals surface area contributed by atoms with E-state index in [1.807, 2.05) is 30.3 Å². The number of rotatable bonds is 7. The van der Waals surface area contributed by atoms with E-state index in [0.717, 1.165) is 23.8 Å². The van der Waals surface area contributed by atoms with Gasteiger partial charge in [-0.15, -0.1) is 0 Å². The lowest BCUT2D eigenvalue weighted by molar-refractivity contribution is -0.385. The Kier molecular flexibility index (Phi) is 5.67. The van der Waals surface area contributed by atoms with Gasteiger partial charge in [0.05, 0.1) is 10.5 Å². The highest BCUT2D eigenvalue weighted by Gasteiger charge is 2.19. The first-order valence-electron chi connectivity index (χ1n) is 7.31. The number of carboxylic acids is 1. The van der Waals surface area contributed by atoms with Crippen LogP contribution in [0, 0.1) is 10.1 Å². The summed E-state index contributed by atoms with van der Waals surface area (Å²) in [5.74, 6) is -1.89. The van der Waals surface area contributed by atoms with E-state index in [0.29, 0.717) is 6.54 Å². The molecule has 0 heterocycles. The summed E-state index contributed by atoms with van der Waals surface area (Å²) in [6.07, 6.45) is 0. The maximum Gasteiger partial charge on any atom is 0.335 e. The molecule has 2 rings (SSSR count). The van der Waals surface area contributed by atoms with Crippen molar-refractivity contribution in [3.8, 4) is 5.75 Å². The van der Waals surface area contributed by atoms with Crippen LogP contribution in [-0.4, -0.2) is 40.5 Å². The van der Waals surface area contributed by atoms with E-state index in [9.17, 15) is 19.7 Å². The first-order valence-corrected chi connectivity index (χ1v) is 7.31. The van der Waals surface area contributed by atoms with Crippen LogP contribution < -0.4 is 4.74 Å². The van der Waals surface area contributed by atoms with Crippen LogP contribution in [0.3, 0.4) is 0 Å². The highest BCUT2D eigenvalue weighted by molar-refractivity contribution is 5.88. The molecule has 0 atom stereocenters. The highest BCUT2D eigenvalue weighted by atomic mass is 16.6. The van der Waals surface area contributed by atoms with Crippen LogP contribution in [0.5, 0.6) is 5.75 Å². The van der Waals surface area contributed by atoms with E-state index in [1.165, 1.54) is 4.90 Å². The Morgan fingerprint density at radius 1 is 1.20 bits per heavy atom. The zero-order chi connectivity index (χ0) is 18.4. The number of nitro benzene ring substituents is 1. The van der Waals surface area contributed by atoms with Gasteiger partial charge < -0.3 is 14.7 Å². The van der Waals surface area contributed by atoms with Crippen molar-refractivity contribution >= 4 is 17.6 Å². The third-order valence-corrected chi connectivity index (χ3v) is 3.44. The molecule has 130 valence electrons. The molecule has 0 fully saturated rings. The number of hydrogen-bond acceptors (Lipinski definition) is 5. The van der Waals surface area contributed by atoms with Gasteiger partial charge in [0, 0.05) is 25.7 Å². The predicted molar refractivity (Wildman–Crippen MR) is 88.5 cm³/mol. The number of carboxylic acid groups (broad SMARTS) is 1. The Hall–Kier alpha value is -3.42. The molecule has 0 spiro atoms. The fourth-order valence-electron chi connectivity index (χ4n) is 2.11. The molecule has 0 saturated carbocycles. The van der Waals surface area contributed by atoms with E-state index >= 15 is 0 Å². The van der Waals surface area contributed by atoms with Crippen LogP contribution in [0.1, 0.15) is 15.9 Å². The molecule has 8 nitrogen and oxygen atoms in total. The van der Waals surface area contributed by atoms with Crippen molar-refractivity contribution < 1.29 is 24.4 Å². The molecule has 1 amide bonds. The smallest absolute Gasteiger partial charge is 0.335 e. The second-order valence-corrected chi connectivity index (χ2v) is 5.27. The molecule has 0 unspecified atom stereocenters. The first kappa shape index (κ1) is 17.9. The number of carbonyl (C=O) groups excluding carboxylic acids is 1. The number of aromatic carboxylic acids is 1. The molecule has 0 aliphatic rings. The Balaban J connectivity index is 2.06. The molecule has 0 aromatic heterocycles. The maximum absolute atomic E-state index is 12.1. The van der Waals surface area contributed by atoms with Crippen molar-refractivity contribution in [1.82, 2.24) is 4.90 Å². The van der Waals surface area contributed by atoms with E-state index in [2.05, 4.69) is 0 Å². The van der Waals surface area contributed by atoms with Gasteiger partial charge in [0.25, 0.3) is 5.91 Å². The third kappa shape index (κ3) is 4.77. The summed E-state index contributed by atoms with van der Waals surface area (Å²) in [5, 5.41) is 20.0. The van der Waals surface area contributed by atoms with Crippen LogP contribution in [0.4, 0.5) is 5.69 Å². The average Bonchev–Trinajstić information content (AvgIpc) is 2.59. The number of likely N-dealkylation sites (N-methyl/N-ethyl adjacent to an activating group) is 1. The Morgan fingerprint density at radius 3 is 2.48 bits per heavy atom. The highest BCUT2D eigenvalue weighted by Crippen LogP contribution is 2.28. The van der Waals surface area contributed by atoms with Crippen molar-refractivity contribution in [3.05, 3.63) is 69.8 Å². The van der Waals surface area contributed by atoms with Gasteiger partial charge in [-0.1, -0.05) is 30.3 Å². The fourth-order valence-corrected chi connectivity index (χ4v) is 2.11.